The number of nitrogens with one attached hydrogen (secondary N) is 2. The monoisotopic (exact) mass is 396 g/mol. The topological polar surface area (TPSA) is 76.7 Å². The second-order valence-electron chi connectivity index (χ2n) is 6.44. The second kappa shape index (κ2) is 7.34. The summed E-state index contributed by atoms with van der Waals surface area (Å²) < 4.78 is 36.4. The van der Waals surface area contributed by atoms with Crippen molar-refractivity contribution in [1.29, 1.82) is 0 Å². The van der Waals surface area contributed by atoms with Crippen molar-refractivity contribution in [1.82, 2.24) is 5.32 Å². The van der Waals surface area contributed by atoms with Crippen molar-refractivity contribution in [3.05, 3.63) is 53.1 Å². The lowest BCUT2D eigenvalue weighted by molar-refractivity contribution is 0.174. The number of rotatable bonds is 4. The molecule has 0 amide bonds. The number of sulfonamides is 1. The Bertz CT molecular complexity index is 917. The Labute approximate surface area is 159 Å². The number of hydrogen-bond donors (Lipinski definition) is 2. The Kier molecular flexibility index (Phi) is 5.32. The maximum Gasteiger partial charge on any atom is 0.231 e. The van der Waals surface area contributed by atoms with E-state index in [0.717, 1.165) is 42.7 Å². The Hall–Kier alpha value is -1.96. The molecule has 0 aromatic heterocycles. The van der Waals surface area contributed by atoms with Crippen LogP contribution in [0.3, 0.4) is 0 Å². The molecule has 2 heterocycles. The van der Waals surface area contributed by atoms with E-state index in [9.17, 15) is 8.42 Å². The first-order valence-corrected chi connectivity index (χ1v) is 10.1. The fraction of sp³-hybridized carbons (Fsp3) is 0.333. The normalized spacial score (nSPS) is 18.0. The molecule has 0 aliphatic carbocycles. The molecule has 0 radical (unpaired) electrons. The quantitative estimate of drug-likeness (QED) is 0.830. The maximum absolute atomic E-state index is 11.4. The van der Waals surface area contributed by atoms with Crippen LogP contribution in [0.4, 0.5) is 5.69 Å². The zero-order valence-corrected chi connectivity index (χ0v) is 16.0. The van der Waals surface area contributed by atoms with Crippen molar-refractivity contribution in [2.45, 2.75) is 18.9 Å². The molecule has 0 bridgehead atoms. The molecule has 0 saturated heterocycles. The molecule has 1 unspecified atom stereocenters. The molecule has 2 aromatic rings. The van der Waals surface area contributed by atoms with Crippen LogP contribution in [0.15, 0.2) is 36.4 Å². The van der Waals surface area contributed by atoms with E-state index in [-0.39, 0.29) is 25.2 Å². The lowest BCUT2D eigenvalue weighted by Gasteiger charge is -2.27. The van der Waals surface area contributed by atoms with E-state index in [2.05, 4.69) is 22.2 Å². The van der Waals surface area contributed by atoms with Crippen LogP contribution < -0.4 is 19.5 Å². The number of halogens is 1. The standard InChI is InChI=1S/C18H20N2O4S.ClH/c1-25(21,22)20-14-4-2-3-12(7-14)8-16-15-10-18-17(23-11-24-18)9-13(15)5-6-19-16;/h2-4,7,9-10,16,19-20H,5-6,8,11H2,1H3;1H. The van der Waals surface area contributed by atoms with E-state index in [1.807, 2.05) is 18.2 Å². The molecular formula is C18H21ClN2O4S. The molecule has 2 aromatic carbocycles. The molecule has 2 N–H and O–H groups in total. The van der Waals surface area contributed by atoms with Crippen LogP contribution in [0.1, 0.15) is 22.7 Å². The van der Waals surface area contributed by atoms with Gasteiger partial charge >= 0.3 is 0 Å². The van der Waals surface area contributed by atoms with Gasteiger partial charge in [0, 0.05) is 11.7 Å². The molecule has 0 fully saturated rings. The van der Waals surface area contributed by atoms with Crippen LogP contribution >= 0.6 is 12.4 Å². The SMILES string of the molecule is CS(=O)(=O)Nc1cccc(CC2NCCc3cc4c(cc32)OCO4)c1.Cl. The highest BCUT2D eigenvalue weighted by atomic mass is 35.5. The van der Waals surface area contributed by atoms with Crippen LogP contribution in [-0.2, 0) is 22.9 Å². The molecule has 140 valence electrons. The third-order valence-corrected chi connectivity index (χ3v) is 5.07. The van der Waals surface area contributed by atoms with Crippen LogP contribution in [-0.4, -0.2) is 28.0 Å². The summed E-state index contributed by atoms with van der Waals surface area (Å²) in [6.45, 7) is 1.17. The first-order chi connectivity index (χ1) is 12.0. The average molecular weight is 397 g/mol. The van der Waals surface area contributed by atoms with E-state index in [0.29, 0.717) is 5.69 Å². The summed E-state index contributed by atoms with van der Waals surface area (Å²) in [6, 6.07) is 11.8. The number of hydrogen-bond acceptors (Lipinski definition) is 5. The van der Waals surface area contributed by atoms with Crippen LogP contribution in [0.5, 0.6) is 11.5 Å². The molecule has 1 atom stereocenters. The average Bonchev–Trinajstić information content (AvgIpc) is 2.99. The Morgan fingerprint density at radius 2 is 1.96 bits per heavy atom. The first kappa shape index (κ1) is 18.8. The lowest BCUT2D eigenvalue weighted by Crippen LogP contribution is -2.31. The van der Waals surface area contributed by atoms with Gasteiger partial charge in [0.25, 0.3) is 0 Å². The largest absolute Gasteiger partial charge is 0.454 e. The van der Waals surface area contributed by atoms with Gasteiger partial charge in [-0.1, -0.05) is 12.1 Å². The van der Waals surface area contributed by atoms with E-state index >= 15 is 0 Å². The number of benzene rings is 2. The van der Waals surface area contributed by atoms with Crippen LogP contribution in [0.25, 0.3) is 0 Å². The van der Waals surface area contributed by atoms with Crippen molar-refractivity contribution < 1.29 is 17.9 Å². The van der Waals surface area contributed by atoms with Crippen molar-refractivity contribution >= 4 is 28.1 Å². The minimum Gasteiger partial charge on any atom is -0.454 e. The highest BCUT2D eigenvalue weighted by Crippen LogP contribution is 2.39. The summed E-state index contributed by atoms with van der Waals surface area (Å²) in [7, 11) is -3.28. The Morgan fingerprint density at radius 1 is 1.19 bits per heavy atom. The van der Waals surface area contributed by atoms with Gasteiger partial charge in [0.05, 0.1) is 6.26 Å². The van der Waals surface area contributed by atoms with E-state index in [4.69, 9.17) is 9.47 Å². The predicted molar refractivity (Wildman–Crippen MR) is 103 cm³/mol. The van der Waals surface area contributed by atoms with Gasteiger partial charge in [-0.2, -0.15) is 0 Å². The summed E-state index contributed by atoms with van der Waals surface area (Å²) in [6.07, 6.45) is 2.88. The minimum absolute atomic E-state index is 0. The van der Waals surface area contributed by atoms with Crippen LogP contribution in [0, 0.1) is 0 Å². The van der Waals surface area contributed by atoms with Gasteiger partial charge in [0.2, 0.25) is 16.8 Å². The van der Waals surface area contributed by atoms with Gasteiger partial charge in [-0.15, -0.1) is 12.4 Å². The molecule has 2 aliphatic heterocycles. The minimum atomic E-state index is -3.28. The van der Waals surface area contributed by atoms with Gasteiger partial charge in [0.15, 0.2) is 11.5 Å². The van der Waals surface area contributed by atoms with Crippen molar-refractivity contribution in [3.63, 3.8) is 0 Å². The molecule has 0 saturated carbocycles. The number of anilines is 1. The van der Waals surface area contributed by atoms with E-state index in [1.165, 1.54) is 11.1 Å². The zero-order chi connectivity index (χ0) is 17.4. The molecule has 2 aliphatic rings. The van der Waals surface area contributed by atoms with Crippen molar-refractivity contribution in [3.8, 4) is 11.5 Å². The van der Waals surface area contributed by atoms with Gasteiger partial charge in [-0.05, 0) is 60.3 Å². The summed E-state index contributed by atoms with van der Waals surface area (Å²) in [5.74, 6) is 1.61. The molecular weight excluding hydrogens is 376 g/mol. The van der Waals surface area contributed by atoms with E-state index < -0.39 is 10.0 Å². The van der Waals surface area contributed by atoms with Gasteiger partial charge in [0.1, 0.15) is 0 Å². The second-order valence-corrected chi connectivity index (χ2v) is 8.19. The van der Waals surface area contributed by atoms with Gasteiger partial charge in [-0.25, -0.2) is 8.42 Å². The maximum atomic E-state index is 11.4. The Morgan fingerprint density at radius 3 is 2.73 bits per heavy atom. The molecule has 26 heavy (non-hydrogen) atoms. The summed E-state index contributed by atoms with van der Waals surface area (Å²) in [4.78, 5) is 0. The zero-order valence-electron chi connectivity index (χ0n) is 14.3. The van der Waals surface area contributed by atoms with Gasteiger partial charge < -0.3 is 14.8 Å². The highest BCUT2D eigenvalue weighted by Gasteiger charge is 2.25. The van der Waals surface area contributed by atoms with Gasteiger partial charge in [-0.3, -0.25) is 4.72 Å². The molecule has 6 nitrogen and oxygen atoms in total. The summed E-state index contributed by atoms with van der Waals surface area (Å²) in [5.41, 5.74) is 4.15. The smallest absolute Gasteiger partial charge is 0.231 e. The third kappa shape index (κ3) is 4.06. The lowest BCUT2D eigenvalue weighted by atomic mass is 9.90. The molecule has 8 heteroatoms. The number of fused-ring (bicyclic) bond motifs is 2. The third-order valence-electron chi connectivity index (χ3n) is 4.46. The highest BCUT2D eigenvalue weighted by molar-refractivity contribution is 7.92. The molecule has 0 spiro atoms. The Balaban J connectivity index is 0.00000196. The fourth-order valence-corrected chi connectivity index (χ4v) is 3.98. The number of ether oxygens (including phenoxy) is 2. The first-order valence-electron chi connectivity index (χ1n) is 8.20. The van der Waals surface area contributed by atoms with Crippen molar-refractivity contribution in [2.24, 2.45) is 0 Å². The summed E-state index contributed by atoms with van der Waals surface area (Å²) >= 11 is 0. The summed E-state index contributed by atoms with van der Waals surface area (Å²) in [5, 5.41) is 3.55. The van der Waals surface area contributed by atoms with E-state index in [1.54, 1.807) is 6.07 Å². The van der Waals surface area contributed by atoms with Crippen LogP contribution in [0.2, 0.25) is 0 Å². The predicted octanol–water partition coefficient (Wildman–Crippen LogP) is 2.64. The molecule has 4 rings (SSSR count). The van der Waals surface area contributed by atoms with Crippen molar-refractivity contribution in [2.75, 3.05) is 24.3 Å². The fourth-order valence-electron chi connectivity index (χ4n) is 3.43.